The lowest BCUT2D eigenvalue weighted by atomic mass is 9.41. The SMILES string of the molecule is CC(=O)O[C@@H](C[C@@]12C(=O)OC[C@@]3([C@@H](OC(C)=O)C[C@H]1C)[C@@H]2CCC[C@]31CO1)c1ccoc1. The number of furan rings is 1. The average Bonchev–Trinajstić information content (AvgIpc) is 3.29. The number of esters is 3. The molecule has 0 N–H and O–H groups in total. The Morgan fingerprint density at radius 3 is 2.66 bits per heavy atom. The van der Waals surface area contributed by atoms with E-state index in [4.69, 9.17) is 23.4 Å². The van der Waals surface area contributed by atoms with Gasteiger partial charge < -0.3 is 23.4 Å². The van der Waals surface area contributed by atoms with Gasteiger partial charge in [-0.2, -0.15) is 0 Å². The molecule has 2 bridgehead atoms. The molecule has 32 heavy (non-hydrogen) atoms. The molecule has 0 aromatic carbocycles. The third-order valence-electron chi connectivity index (χ3n) is 8.56. The molecule has 3 heterocycles. The number of cyclic esters (lactones) is 1. The van der Waals surface area contributed by atoms with Crippen LogP contribution in [0.4, 0.5) is 0 Å². The van der Waals surface area contributed by atoms with Gasteiger partial charge in [-0.15, -0.1) is 0 Å². The van der Waals surface area contributed by atoms with Crippen LogP contribution in [0.1, 0.15) is 64.5 Å². The van der Waals surface area contributed by atoms with Gasteiger partial charge in [0.05, 0.1) is 30.0 Å². The number of rotatable bonds is 5. The van der Waals surface area contributed by atoms with E-state index in [2.05, 4.69) is 0 Å². The monoisotopic (exact) mass is 446 g/mol. The van der Waals surface area contributed by atoms with Crippen LogP contribution in [0.15, 0.2) is 23.0 Å². The molecule has 2 aliphatic carbocycles. The molecular formula is C24H30O8. The first-order valence-corrected chi connectivity index (χ1v) is 11.4. The van der Waals surface area contributed by atoms with Crippen molar-refractivity contribution in [3.8, 4) is 0 Å². The molecule has 1 aromatic heterocycles. The number of ether oxygens (including phenoxy) is 4. The third kappa shape index (κ3) is 2.87. The molecule has 2 saturated heterocycles. The summed E-state index contributed by atoms with van der Waals surface area (Å²) in [5, 5.41) is 0. The zero-order chi connectivity index (χ0) is 22.7. The van der Waals surface area contributed by atoms with Crippen molar-refractivity contribution in [3.63, 3.8) is 0 Å². The van der Waals surface area contributed by atoms with Crippen LogP contribution in [0.2, 0.25) is 0 Å². The van der Waals surface area contributed by atoms with Crippen LogP contribution in [-0.4, -0.2) is 42.8 Å². The summed E-state index contributed by atoms with van der Waals surface area (Å²) in [6.07, 6.45) is 5.47. The van der Waals surface area contributed by atoms with E-state index in [1.807, 2.05) is 6.92 Å². The Balaban J connectivity index is 1.61. The van der Waals surface area contributed by atoms with E-state index in [-0.39, 0.29) is 36.5 Å². The van der Waals surface area contributed by atoms with Gasteiger partial charge in [-0.05, 0) is 37.2 Å². The van der Waals surface area contributed by atoms with E-state index in [0.29, 0.717) is 25.0 Å². The first kappa shape index (κ1) is 21.5. The zero-order valence-electron chi connectivity index (χ0n) is 18.8. The minimum absolute atomic E-state index is 0.106. The smallest absolute Gasteiger partial charge is 0.312 e. The topological polar surface area (TPSA) is 105 Å². The predicted molar refractivity (Wildman–Crippen MR) is 109 cm³/mol. The molecule has 2 saturated carbocycles. The quantitative estimate of drug-likeness (QED) is 0.385. The maximum Gasteiger partial charge on any atom is 0.312 e. The van der Waals surface area contributed by atoms with Crippen LogP contribution in [0.3, 0.4) is 0 Å². The van der Waals surface area contributed by atoms with Gasteiger partial charge in [-0.3, -0.25) is 14.4 Å². The van der Waals surface area contributed by atoms with Crippen LogP contribution in [0, 0.1) is 22.7 Å². The number of hydrogen-bond donors (Lipinski definition) is 0. The highest BCUT2D eigenvalue weighted by Crippen LogP contribution is 2.71. The number of carbonyl (C=O) groups excluding carboxylic acids is 3. The third-order valence-corrected chi connectivity index (χ3v) is 8.56. The highest BCUT2D eigenvalue weighted by Gasteiger charge is 2.79. The molecule has 8 nitrogen and oxygen atoms in total. The van der Waals surface area contributed by atoms with Gasteiger partial charge in [0.1, 0.15) is 24.4 Å². The van der Waals surface area contributed by atoms with Crippen LogP contribution in [0.5, 0.6) is 0 Å². The van der Waals surface area contributed by atoms with Crippen LogP contribution >= 0.6 is 0 Å². The van der Waals surface area contributed by atoms with Gasteiger partial charge in [-0.1, -0.05) is 13.3 Å². The summed E-state index contributed by atoms with van der Waals surface area (Å²) in [6.45, 7) is 5.57. The summed E-state index contributed by atoms with van der Waals surface area (Å²) in [5.41, 5.74) is -1.20. The van der Waals surface area contributed by atoms with Gasteiger partial charge in [0, 0.05) is 25.8 Å². The van der Waals surface area contributed by atoms with Crippen molar-refractivity contribution in [2.75, 3.05) is 13.2 Å². The minimum Gasteiger partial charge on any atom is -0.472 e. The fourth-order valence-electron chi connectivity index (χ4n) is 7.18. The lowest BCUT2D eigenvalue weighted by Crippen LogP contribution is -2.72. The second kappa shape index (κ2) is 7.33. The van der Waals surface area contributed by atoms with Crippen LogP contribution in [-0.2, 0) is 33.3 Å². The van der Waals surface area contributed by atoms with Crippen molar-refractivity contribution in [1.29, 1.82) is 0 Å². The minimum atomic E-state index is -0.883. The first-order chi connectivity index (χ1) is 15.2. The molecule has 1 aromatic rings. The second-order valence-corrected chi connectivity index (χ2v) is 9.98. The van der Waals surface area contributed by atoms with E-state index in [1.54, 1.807) is 12.3 Å². The van der Waals surface area contributed by atoms with E-state index in [1.165, 1.54) is 20.1 Å². The molecule has 4 aliphatic rings. The standard InChI is InChI=1S/C24H30O8/c1-14-9-20(32-16(3)26)24-13-29-21(27)23(14,19(24)5-4-7-22(24)12-30-22)10-18(31-15(2)25)17-6-8-28-11-17/h6,8,11,14,18-20H,4-5,7,9-10,12-13H2,1-3H3/t14-,18+,19-,20+,22+,23-,24+/m1/s1. The van der Waals surface area contributed by atoms with Crippen molar-refractivity contribution in [2.45, 2.75) is 70.7 Å². The normalized spacial score (nSPS) is 40.7. The van der Waals surface area contributed by atoms with Gasteiger partial charge in [0.2, 0.25) is 0 Å². The molecule has 8 heteroatoms. The Hall–Kier alpha value is -2.35. The molecule has 174 valence electrons. The Labute approximate surface area is 186 Å². The first-order valence-electron chi connectivity index (χ1n) is 11.4. The number of carbonyl (C=O) groups is 3. The van der Waals surface area contributed by atoms with E-state index in [0.717, 1.165) is 19.3 Å². The highest BCUT2D eigenvalue weighted by molar-refractivity contribution is 5.80. The van der Waals surface area contributed by atoms with Crippen LogP contribution in [0.25, 0.3) is 0 Å². The molecule has 2 aliphatic heterocycles. The van der Waals surface area contributed by atoms with Gasteiger partial charge in [-0.25, -0.2) is 0 Å². The lowest BCUT2D eigenvalue weighted by molar-refractivity contribution is -0.267. The molecule has 0 amide bonds. The van der Waals surface area contributed by atoms with E-state index < -0.39 is 28.5 Å². The Morgan fingerprint density at radius 1 is 1.25 bits per heavy atom. The van der Waals surface area contributed by atoms with E-state index in [9.17, 15) is 14.4 Å². The van der Waals surface area contributed by atoms with Crippen molar-refractivity contribution in [2.24, 2.45) is 22.7 Å². The van der Waals surface area contributed by atoms with Gasteiger partial charge >= 0.3 is 17.9 Å². The maximum atomic E-state index is 13.6. The van der Waals surface area contributed by atoms with Crippen molar-refractivity contribution in [1.82, 2.24) is 0 Å². The number of hydrogen-bond acceptors (Lipinski definition) is 8. The summed E-state index contributed by atoms with van der Waals surface area (Å²) in [4.78, 5) is 37.6. The lowest BCUT2D eigenvalue weighted by Gasteiger charge is -2.65. The molecular weight excluding hydrogens is 416 g/mol. The van der Waals surface area contributed by atoms with Crippen molar-refractivity contribution in [3.05, 3.63) is 24.2 Å². The average molecular weight is 446 g/mol. The largest absolute Gasteiger partial charge is 0.472 e. The summed E-state index contributed by atoms with van der Waals surface area (Å²) in [5.74, 6) is -1.26. The Bertz CT molecular complexity index is 918. The van der Waals surface area contributed by atoms with E-state index >= 15 is 0 Å². The molecule has 4 fully saturated rings. The number of epoxide rings is 1. The van der Waals surface area contributed by atoms with Gasteiger partial charge in [0.15, 0.2) is 0 Å². The zero-order valence-corrected chi connectivity index (χ0v) is 18.8. The van der Waals surface area contributed by atoms with Crippen LogP contribution < -0.4 is 0 Å². The highest BCUT2D eigenvalue weighted by atomic mass is 16.6. The molecule has 7 atom stereocenters. The fourth-order valence-corrected chi connectivity index (χ4v) is 7.18. The maximum absolute atomic E-state index is 13.6. The molecule has 0 radical (unpaired) electrons. The predicted octanol–water partition coefficient (Wildman–Crippen LogP) is 3.34. The molecule has 1 spiro atoms. The van der Waals surface area contributed by atoms with Crippen molar-refractivity contribution >= 4 is 17.9 Å². The summed E-state index contributed by atoms with van der Waals surface area (Å²) in [7, 11) is 0. The molecule has 5 rings (SSSR count). The summed E-state index contributed by atoms with van der Waals surface area (Å²) >= 11 is 0. The fraction of sp³-hybridized carbons (Fsp3) is 0.708. The molecule has 0 unspecified atom stereocenters. The summed E-state index contributed by atoms with van der Waals surface area (Å²) < 4.78 is 28.8. The van der Waals surface area contributed by atoms with Crippen molar-refractivity contribution < 1.29 is 37.7 Å². The second-order valence-electron chi connectivity index (χ2n) is 9.98. The Morgan fingerprint density at radius 2 is 2.03 bits per heavy atom. The van der Waals surface area contributed by atoms with Gasteiger partial charge in [0.25, 0.3) is 0 Å². The summed E-state index contributed by atoms with van der Waals surface area (Å²) in [6, 6.07) is 1.76. The Kier molecular flexibility index (Phi) is 4.93.